The molecule has 0 aliphatic carbocycles. The number of likely N-dealkylation sites (N-methyl/N-ethyl adjacent to an activating group) is 1. The zero-order valence-electron chi connectivity index (χ0n) is 11.4. The Labute approximate surface area is 122 Å². The van der Waals surface area contributed by atoms with Gasteiger partial charge < -0.3 is 4.90 Å². The number of benzene rings is 1. The molecular formula is C11H16ClN3O4S. The number of rotatable bonds is 6. The van der Waals surface area contributed by atoms with Crippen LogP contribution in [0.15, 0.2) is 18.2 Å². The molecular weight excluding hydrogens is 306 g/mol. The van der Waals surface area contributed by atoms with Crippen molar-refractivity contribution in [1.29, 1.82) is 0 Å². The molecule has 0 bridgehead atoms. The summed E-state index contributed by atoms with van der Waals surface area (Å²) in [5, 5.41) is 10.7. The molecule has 20 heavy (non-hydrogen) atoms. The largest absolute Gasteiger partial charge is 0.308 e. The Morgan fingerprint density at radius 3 is 2.30 bits per heavy atom. The fraction of sp³-hybridized carbons (Fsp3) is 0.455. The minimum Gasteiger partial charge on any atom is -0.308 e. The van der Waals surface area contributed by atoms with Crippen molar-refractivity contribution < 1.29 is 13.3 Å². The highest BCUT2D eigenvalue weighted by Gasteiger charge is 2.21. The second kappa shape index (κ2) is 6.38. The number of non-ortho nitro benzene ring substituents is 1. The van der Waals surface area contributed by atoms with Crippen LogP contribution in [0, 0.1) is 10.1 Å². The first-order valence-electron chi connectivity index (χ1n) is 5.69. The van der Waals surface area contributed by atoms with Crippen LogP contribution in [0.4, 0.5) is 11.4 Å². The van der Waals surface area contributed by atoms with Crippen LogP contribution in [0.2, 0.25) is 5.02 Å². The molecule has 0 atom stereocenters. The van der Waals surface area contributed by atoms with Crippen LogP contribution < -0.4 is 4.31 Å². The minimum absolute atomic E-state index is 0.0309. The number of sulfonamides is 1. The van der Waals surface area contributed by atoms with E-state index in [2.05, 4.69) is 0 Å². The maximum atomic E-state index is 11.8. The van der Waals surface area contributed by atoms with Gasteiger partial charge in [0, 0.05) is 25.2 Å². The number of hydrogen-bond donors (Lipinski definition) is 0. The summed E-state index contributed by atoms with van der Waals surface area (Å²) in [5.41, 5.74) is 0.0569. The van der Waals surface area contributed by atoms with Crippen molar-refractivity contribution >= 4 is 33.0 Å². The second-order valence-electron chi connectivity index (χ2n) is 4.53. The van der Waals surface area contributed by atoms with Gasteiger partial charge in [-0.05, 0) is 20.2 Å². The molecule has 1 aromatic carbocycles. The first-order valence-corrected chi connectivity index (χ1v) is 7.92. The molecule has 7 nitrogen and oxygen atoms in total. The van der Waals surface area contributed by atoms with Gasteiger partial charge in [-0.25, -0.2) is 8.42 Å². The first-order chi connectivity index (χ1) is 9.12. The van der Waals surface area contributed by atoms with E-state index < -0.39 is 14.9 Å². The monoisotopic (exact) mass is 321 g/mol. The predicted molar refractivity (Wildman–Crippen MR) is 78.9 cm³/mol. The highest BCUT2D eigenvalue weighted by Crippen LogP contribution is 2.31. The van der Waals surface area contributed by atoms with Crippen LogP contribution in [0.1, 0.15) is 0 Å². The van der Waals surface area contributed by atoms with Crippen molar-refractivity contribution in [2.24, 2.45) is 0 Å². The lowest BCUT2D eigenvalue weighted by atomic mass is 10.3. The van der Waals surface area contributed by atoms with Gasteiger partial charge in [0.25, 0.3) is 5.69 Å². The molecule has 0 spiro atoms. The average molecular weight is 322 g/mol. The van der Waals surface area contributed by atoms with Crippen molar-refractivity contribution in [3.63, 3.8) is 0 Å². The Kier molecular flexibility index (Phi) is 5.32. The Morgan fingerprint density at radius 1 is 1.30 bits per heavy atom. The van der Waals surface area contributed by atoms with Gasteiger partial charge in [-0.2, -0.15) is 0 Å². The van der Waals surface area contributed by atoms with E-state index in [1.165, 1.54) is 12.1 Å². The van der Waals surface area contributed by atoms with E-state index in [-0.39, 0.29) is 22.9 Å². The van der Waals surface area contributed by atoms with Gasteiger partial charge in [-0.1, -0.05) is 11.6 Å². The van der Waals surface area contributed by atoms with E-state index in [9.17, 15) is 18.5 Å². The zero-order valence-corrected chi connectivity index (χ0v) is 13.0. The van der Waals surface area contributed by atoms with Gasteiger partial charge >= 0.3 is 0 Å². The van der Waals surface area contributed by atoms with Crippen molar-refractivity contribution in [2.75, 3.05) is 37.7 Å². The number of anilines is 1. The summed E-state index contributed by atoms with van der Waals surface area (Å²) in [6, 6.07) is 3.72. The van der Waals surface area contributed by atoms with Crippen molar-refractivity contribution in [3.05, 3.63) is 33.3 Å². The Morgan fingerprint density at radius 2 is 1.90 bits per heavy atom. The second-order valence-corrected chi connectivity index (χ2v) is 6.85. The molecule has 0 unspecified atom stereocenters. The smallest absolute Gasteiger partial charge is 0.271 e. The van der Waals surface area contributed by atoms with Crippen molar-refractivity contribution in [2.45, 2.75) is 0 Å². The Hall–Kier alpha value is -1.38. The summed E-state index contributed by atoms with van der Waals surface area (Å²) >= 11 is 5.97. The van der Waals surface area contributed by atoms with E-state index in [0.29, 0.717) is 6.54 Å². The van der Waals surface area contributed by atoms with Crippen LogP contribution in [0.3, 0.4) is 0 Å². The van der Waals surface area contributed by atoms with Crippen LogP contribution >= 0.6 is 11.6 Å². The first kappa shape index (κ1) is 16.7. The number of nitro benzene ring substituents is 1. The van der Waals surface area contributed by atoms with Crippen LogP contribution in [0.5, 0.6) is 0 Å². The van der Waals surface area contributed by atoms with E-state index >= 15 is 0 Å². The summed E-state index contributed by atoms with van der Waals surface area (Å²) in [7, 11) is 0.118. The third-order valence-corrected chi connectivity index (χ3v) is 4.04. The summed E-state index contributed by atoms with van der Waals surface area (Å²) in [6.45, 7) is 0.712. The van der Waals surface area contributed by atoms with Crippen LogP contribution in [0.25, 0.3) is 0 Å². The summed E-state index contributed by atoms with van der Waals surface area (Å²) < 4.78 is 24.8. The third-order valence-electron chi connectivity index (χ3n) is 2.56. The maximum Gasteiger partial charge on any atom is 0.271 e. The quantitative estimate of drug-likeness (QED) is 0.586. The highest BCUT2D eigenvalue weighted by molar-refractivity contribution is 7.92. The lowest BCUT2D eigenvalue weighted by Gasteiger charge is -2.24. The van der Waals surface area contributed by atoms with Crippen LogP contribution in [-0.2, 0) is 10.0 Å². The molecule has 1 aromatic rings. The summed E-state index contributed by atoms with van der Waals surface area (Å²) in [5.74, 6) is 0. The molecule has 0 heterocycles. The SMILES string of the molecule is CN(C)CCN(c1ccc([N+](=O)[O-])cc1Cl)S(C)(=O)=O. The van der Waals surface area contributed by atoms with Crippen molar-refractivity contribution in [3.8, 4) is 0 Å². The van der Waals surface area contributed by atoms with Gasteiger partial charge in [-0.15, -0.1) is 0 Å². The molecule has 0 fully saturated rings. The standard InChI is InChI=1S/C11H16ClN3O4S/c1-13(2)6-7-14(20(3,18)19)11-5-4-9(15(16)17)8-10(11)12/h4-5,8H,6-7H2,1-3H3. The van der Waals surface area contributed by atoms with Gasteiger partial charge in [-0.3, -0.25) is 14.4 Å². The van der Waals surface area contributed by atoms with Crippen LogP contribution in [-0.4, -0.2) is 51.7 Å². The molecule has 1 rings (SSSR count). The molecule has 0 saturated carbocycles. The third kappa shape index (κ3) is 4.32. The molecule has 0 aliphatic rings. The molecule has 9 heteroatoms. The number of halogens is 1. The summed E-state index contributed by atoms with van der Waals surface area (Å²) in [6.07, 6.45) is 1.07. The normalized spacial score (nSPS) is 11.7. The summed E-state index contributed by atoms with van der Waals surface area (Å²) in [4.78, 5) is 11.9. The molecule has 0 saturated heterocycles. The van der Waals surface area contributed by atoms with E-state index in [4.69, 9.17) is 11.6 Å². The van der Waals surface area contributed by atoms with Gasteiger partial charge in [0.2, 0.25) is 10.0 Å². The van der Waals surface area contributed by atoms with Gasteiger partial charge in [0.1, 0.15) is 0 Å². The van der Waals surface area contributed by atoms with E-state index in [0.717, 1.165) is 16.6 Å². The predicted octanol–water partition coefficient (Wildman–Crippen LogP) is 1.58. The minimum atomic E-state index is -3.52. The van der Waals surface area contributed by atoms with E-state index in [1.54, 1.807) is 0 Å². The maximum absolute atomic E-state index is 11.8. The molecule has 0 N–H and O–H groups in total. The topological polar surface area (TPSA) is 83.8 Å². The highest BCUT2D eigenvalue weighted by atomic mass is 35.5. The zero-order chi connectivity index (χ0) is 15.5. The Balaban J connectivity index is 3.18. The fourth-order valence-corrected chi connectivity index (χ4v) is 2.82. The molecule has 0 amide bonds. The average Bonchev–Trinajstić information content (AvgIpc) is 2.28. The molecule has 0 aromatic heterocycles. The van der Waals surface area contributed by atoms with Crippen molar-refractivity contribution in [1.82, 2.24) is 4.90 Å². The lowest BCUT2D eigenvalue weighted by Crippen LogP contribution is -2.36. The Bertz CT molecular complexity index is 604. The number of nitrogens with zero attached hydrogens (tertiary/aromatic N) is 3. The number of nitro groups is 1. The molecule has 112 valence electrons. The molecule has 0 aliphatic heterocycles. The van der Waals surface area contributed by atoms with Gasteiger partial charge in [0.15, 0.2) is 0 Å². The van der Waals surface area contributed by atoms with Gasteiger partial charge in [0.05, 0.1) is 21.9 Å². The van der Waals surface area contributed by atoms with E-state index in [1.807, 2.05) is 19.0 Å². The molecule has 0 radical (unpaired) electrons. The number of hydrogen-bond acceptors (Lipinski definition) is 5. The lowest BCUT2D eigenvalue weighted by molar-refractivity contribution is -0.384. The fourth-order valence-electron chi connectivity index (χ4n) is 1.57.